The van der Waals surface area contributed by atoms with E-state index in [0.29, 0.717) is 27.7 Å². The number of fused-ring (bicyclic) bond motifs is 1. The Kier molecular flexibility index (Phi) is 7.11. The summed E-state index contributed by atoms with van der Waals surface area (Å²) in [6.07, 6.45) is 1.44. The van der Waals surface area contributed by atoms with Gasteiger partial charge in [-0.15, -0.1) is 0 Å². The van der Waals surface area contributed by atoms with E-state index in [9.17, 15) is 14.9 Å². The highest BCUT2D eigenvalue weighted by molar-refractivity contribution is 6.07. The lowest BCUT2D eigenvalue weighted by Gasteiger charge is -2.22. The fourth-order valence-corrected chi connectivity index (χ4v) is 3.95. The molecule has 0 aliphatic heterocycles. The second kappa shape index (κ2) is 10.6. The van der Waals surface area contributed by atoms with Crippen molar-refractivity contribution in [2.24, 2.45) is 5.10 Å². The normalized spacial score (nSPS) is 11.0. The number of nitro groups is 1. The Hall–Kier alpha value is -4.59. The monoisotopic (exact) mass is 467 g/mol. The average Bonchev–Trinajstić information content (AvgIpc) is 2.89. The van der Waals surface area contributed by atoms with Gasteiger partial charge in [0, 0.05) is 47.4 Å². The van der Waals surface area contributed by atoms with Crippen LogP contribution in [0.15, 0.2) is 84.0 Å². The molecule has 3 aromatic carbocycles. The number of anilines is 1. The quantitative estimate of drug-likeness (QED) is 0.212. The van der Waals surface area contributed by atoms with Crippen molar-refractivity contribution in [1.29, 1.82) is 0 Å². The number of hydrogen-bond donors (Lipinski definition) is 1. The molecule has 1 N–H and O–H groups in total. The summed E-state index contributed by atoms with van der Waals surface area (Å²) in [5, 5.41) is 16.1. The maximum absolute atomic E-state index is 13.2. The van der Waals surface area contributed by atoms with Crippen LogP contribution in [-0.4, -0.2) is 35.1 Å². The minimum atomic E-state index is -0.448. The van der Waals surface area contributed by atoms with Gasteiger partial charge in [-0.05, 0) is 32.0 Å². The van der Waals surface area contributed by atoms with Gasteiger partial charge in [0.2, 0.25) is 0 Å². The molecule has 4 aromatic rings. The summed E-state index contributed by atoms with van der Waals surface area (Å²) < 4.78 is 0. The summed E-state index contributed by atoms with van der Waals surface area (Å²) >= 11 is 0. The first-order chi connectivity index (χ1) is 17.0. The van der Waals surface area contributed by atoms with E-state index >= 15 is 0 Å². The van der Waals surface area contributed by atoms with Crippen LogP contribution >= 0.6 is 0 Å². The summed E-state index contributed by atoms with van der Waals surface area (Å²) in [5.41, 5.74) is 6.62. The lowest BCUT2D eigenvalue weighted by molar-refractivity contribution is -0.384. The predicted molar refractivity (Wildman–Crippen MR) is 139 cm³/mol. The Morgan fingerprint density at radius 1 is 1.03 bits per heavy atom. The molecule has 8 nitrogen and oxygen atoms in total. The summed E-state index contributed by atoms with van der Waals surface area (Å²) in [6, 6.07) is 23.5. The van der Waals surface area contributed by atoms with Gasteiger partial charge in [-0.3, -0.25) is 14.9 Å². The molecule has 0 radical (unpaired) electrons. The van der Waals surface area contributed by atoms with Crippen LogP contribution in [0.25, 0.3) is 22.2 Å². The van der Waals surface area contributed by atoms with Crippen molar-refractivity contribution in [2.45, 2.75) is 13.8 Å². The highest BCUT2D eigenvalue weighted by Crippen LogP contribution is 2.26. The highest BCUT2D eigenvalue weighted by atomic mass is 16.6. The molecule has 1 heterocycles. The number of nitro benzene ring substituents is 1. The van der Waals surface area contributed by atoms with Crippen molar-refractivity contribution >= 4 is 34.4 Å². The third-order valence-corrected chi connectivity index (χ3v) is 5.73. The van der Waals surface area contributed by atoms with Gasteiger partial charge in [-0.25, -0.2) is 10.4 Å². The fourth-order valence-electron chi connectivity index (χ4n) is 3.95. The number of nitrogens with zero attached hydrogens (tertiary/aromatic N) is 4. The number of hydrazone groups is 1. The molecule has 0 spiro atoms. The molecular weight excluding hydrogens is 442 g/mol. The number of aromatic nitrogens is 1. The Labute approximate surface area is 203 Å². The molecule has 35 heavy (non-hydrogen) atoms. The van der Waals surface area contributed by atoms with Crippen molar-refractivity contribution in [3.63, 3.8) is 0 Å². The van der Waals surface area contributed by atoms with Gasteiger partial charge in [-0.2, -0.15) is 5.10 Å². The Morgan fingerprint density at radius 3 is 2.46 bits per heavy atom. The van der Waals surface area contributed by atoms with E-state index in [0.717, 1.165) is 24.3 Å². The van der Waals surface area contributed by atoms with E-state index in [2.05, 4.69) is 15.4 Å². The largest absolute Gasteiger partial charge is 0.372 e. The number of non-ortho nitro benzene ring substituents is 1. The molecule has 0 atom stereocenters. The van der Waals surface area contributed by atoms with E-state index in [-0.39, 0.29) is 5.69 Å². The van der Waals surface area contributed by atoms with Crippen LogP contribution in [0.1, 0.15) is 29.8 Å². The van der Waals surface area contributed by atoms with Gasteiger partial charge in [-0.1, -0.05) is 48.5 Å². The lowest BCUT2D eigenvalue weighted by atomic mass is 10.0. The summed E-state index contributed by atoms with van der Waals surface area (Å²) in [5.74, 6) is -0.396. The van der Waals surface area contributed by atoms with Crippen LogP contribution in [0, 0.1) is 10.1 Å². The first kappa shape index (κ1) is 23.6. The number of nitrogens with one attached hydrogen (secondary N) is 1. The molecule has 0 unspecified atom stereocenters. The zero-order chi connectivity index (χ0) is 24.8. The average molecular weight is 468 g/mol. The van der Waals surface area contributed by atoms with Gasteiger partial charge in [0.15, 0.2) is 0 Å². The molecule has 1 amide bonds. The molecule has 0 saturated carbocycles. The Bertz CT molecular complexity index is 1400. The summed E-state index contributed by atoms with van der Waals surface area (Å²) in [7, 11) is 0. The Balaban J connectivity index is 1.67. The minimum absolute atomic E-state index is 0.0405. The summed E-state index contributed by atoms with van der Waals surface area (Å²) in [4.78, 5) is 30.8. The van der Waals surface area contributed by atoms with Gasteiger partial charge >= 0.3 is 0 Å². The van der Waals surface area contributed by atoms with Crippen molar-refractivity contribution in [3.8, 4) is 11.3 Å². The minimum Gasteiger partial charge on any atom is -0.372 e. The van der Waals surface area contributed by atoms with Crippen LogP contribution in [0.2, 0.25) is 0 Å². The van der Waals surface area contributed by atoms with E-state index < -0.39 is 10.8 Å². The third kappa shape index (κ3) is 5.16. The van der Waals surface area contributed by atoms with Gasteiger partial charge < -0.3 is 4.90 Å². The molecule has 0 aliphatic rings. The summed E-state index contributed by atoms with van der Waals surface area (Å²) in [6.45, 7) is 5.47. The zero-order valence-electron chi connectivity index (χ0n) is 19.5. The SMILES string of the molecule is CCN(CC)c1ccc([N+](=O)[O-])cc1/C=N/NC(=O)c1cc(-c2ccccc2)nc2ccccc12. The van der Waals surface area contributed by atoms with Crippen LogP contribution in [0.3, 0.4) is 0 Å². The van der Waals surface area contributed by atoms with E-state index in [1.807, 2.05) is 68.4 Å². The van der Waals surface area contributed by atoms with Crippen LogP contribution < -0.4 is 10.3 Å². The molecule has 0 aliphatic carbocycles. The number of benzene rings is 3. The van der Waals surface area contributed by atoms with Crippen LogP contribution in [-0.2, 0) is 0 Å². The molecule has 0 saturated heterocycles. The van der Waals surface area contributed by atoms with E-state index in [1.165, 1.54) is 18.3 Å². The second-order valence-corrected chi connectivity index (χ2v) is 7.81. The maximum atomic E-state index is 13.2. The number of para-hydroxylation sites is 1. The third-order valence-electron chi connectivity index (χ3n) is 5.73. The van der Waals surface area contributed by atoms with Gasteiger partial charge in [0.1, 0.15) is 0 Å². The molecule has 1 aromatic heterocycles. The molecule has 0 fully saturated rings. The standard InChI is InChI=1S/C27H25N5O3/c1-3-31(4-2)26-15-14-21(32(34)35)16-20(26)18-28-30-27(33)23-17-25(19-10-6-5-7-11-19)29-24-13-9-8-12-22(23)24/h5-18H,3-4H2,1-2H3,(H,30,33)/b28-18+. The number of amides is 1. The Morgan fingerprint density at radius 2 is 1.74 bits per heavy atom. The number of hydrogen-bond acceptors (Lipinski definition) is 6. The van der Waals surface area contributed by atoms with Crippen molar-refractivity contribution in [2.75, 3.05) is 18.0 Å². The molecular formula is C27H25N5O3. The number of carbonyl (C=O) groups excluding carboxylic acids is 1. The van der Waals surface area contributed by atoms with Crippen LogP contribution in [0.5, 0.6) is 0 Å². The van der Waals surface area contributed by atoms with Crippen molar-refractivity contribution in [1.82, 2.24) is 10.4 Å². The van der Waals surface area contributed by atoms with Crippen LogP contribution in [0.4, 0.5) is 11.4 Å². The van der Waals surface area contributed by atoms with Gasteiger partial charge in [0.25, 0.3) is 11.6 Å². The maximum Gasteiger partial charge on any atom is 0.272 e. The van der Waals surface area contributed by atoms with E-state index in [1.54, 1.807) is 12.1 Å². The molecule has 0 bridgehead atoms. The zero-order valence-corrected chi connectivity index (χ0v) is 19.5. The smallest absolute Gasteiger partial charge is 0.272 e. The molecule has 176 valence electrons. The highest BCUT2D eigenvalue weighted by Gasteiger charge is 2.15. The number of rotatable bonds is 8. The van der Waals surface area contributed by atoms with Crippen molar-refractivity contribution < 1.29 is 9.72 Å². The number of pyridine rings is 1. The second-order valence-electron chi connectivity index (χ2n) is 7.81. The fraction of sp³-hybridized carbons (Fsp3) is 0.148. The predicted octanol–water partition coefficient (Wildman–Crippen LogP) is 5.42. The lowest BCUT2D eigenvalue weighted by Crippen LogP contribution is -2.23. The topological polar surface area (TPSA) is 101 Å². The van der Waals surface area contributed by atoms with Gasteiger partial charge in [0.05, 0.1) is 27.9 Å². The first-order valence-electron chi connectivity index (χ1n) is 11.3. The van der Waals surface area contributed by atoms with E-state index in [4.69, 9.17) is 4.98 Å². The molecule has 8 heteroatoms. The van der Waals surface area contributed by atoms with Crippen molar-refractivity contribution in [3.05, 3.63) is 100 Å². The number of carbonyl (C=O) groups is 1. The first-order valence-corrected chi connectivity index (χ1v) is 11.3. The molecule has 4 rings (SSSR count).